The minimum absolute atomic E-state index is 0.0326. The van der Waals surface area contributed by atoms with E-state index in [2.05, 4.69) is 6.92 Å². The number of aliphatic hydroxyl groups excluding tert-OH is 1. The molecule has 3 unspecified atom stereocenters. The second kappa shape index (κ2) is 3.75. The summed E-state index contributed by atoms with van der Waals surface area (Å²) in [6.45, 7) is 2.51. The van der Waals surface area contributed by atoms with Gasteiger partial charge in [-0.3, -0.25) is 0 Å². The SMILES string of the molecule is CC12CC3CC(C1)CC(C(O)C1CCCC1)(C3)C2. The molecule has 0 aromatic heterocycles. The van der Waals surface area contributed by atoms with E-state index in [1.54, 1.807) is 0 Å². The van der Waals surface area contributed by atoms with Crippen LogP contribution in [-0.4, -0.2) is 11.2 Å². The summed E-state index contributed by atoms with van der Waals surface area (Å²) < 4.78 is 0. The molecule has 5 rings (SSSR count). The summed E-state index contributed by atoms with van der Waals surface area (Å²) in [6.07, 6.45) is 13.8. The van der Waals surface area contributed by atoms with Gasteiger partial charge in [-0.15, -0.1) is 0 Å². The normalized spacial score (nSPS) is 53.0. The molecule has 0 aliphatic heterocycles. The van der Waals surface area contributed by atoms with Crippen LogP contribution in [0.1, 0.15) is 71.1 Å². The van der Waals surface area contributed by atoms with Crippen molar-refractivity contribution in [3.63, 3.8) is 0 Å². The lowest BCUT2D eigenvalue weighted by Crippen LogP contribution is -2.56. The zero-order chi connectivity index (χ0) is 12.4. The molecule has 3 atom stereocenters. The Morgan fingerprint density at radius 3 is 2.17 bits per heavy atom. The van der Waals surface area contributed by atoms with Crippen molar-refractivity contribution in [3.8, 4) is 0 Å². The van der Waals surface area contributed by atoms with Crippen LogP contribution in [0.5, 0.6) is 0 Å². The quantitative estimate of drug-likeness (QED) is 0.778. The Hall–Kier alpha value is -0.0400. The molecular weight excluding hydrogens is 220 g/mol. The molecule has 0 radical (unpaired) electrons. The van der Waals surface area contributed by atoms with Gasteiger partial charge in [-0.05, 0) is 80.0 Å². The third-order valence-electron chi connectivity index (χ3n) is 6.87. The maximum Gasteiger partial charge on any atom is 0.0624 e. The number of hydrogen-bond acceptors (Lipinski definition) is 1. The van der Waals surface area contributed by atoms with E-state index in [0.29, 0.717) is 16.7 Å². The summed E-state index contributed by atoms with van der Waals surface area (Å²) in [6, 6.07) is 0. The predicted molar refractivity (Wildman–Crippen MR) is 73.2 cm³/mol. The van der Waals surface area contributed by atoms with E-state index in [0.717, 1.165) is 11.8 Å². The molecule has 1 heteroatoms. The highest BCUT2D eigenvalue weighted by atomic mass is 16.3. The molecule has 5 aliphatic rings. The molecule has 4 bridgehead atoms. The van der Waals surface area contributed by atoms with Crippen LogP contribution in [0.25, 0.3) is 0 Å². The molecular formula is C17H28O. The van der Waals surface area contributed by atoms with E-state index in [9.17, 15) is 5.11 Å². The highest BCUT2D eigenvalue weighted by Gasteiger charge is 2.59. The van der Waals surface area contributed by atoms with E-state index in [-0.39, 0.29) is 6.10 Å². The monoisotopic (exact) mass is 248 g/mol. The van der Waals surface area contributed by atoms with Crippen LogP contribution in [0.2, 0.25) is 0 Å². The Morgan fingerprint density at radius 2 is 1.61 bits per heavy atom. The van der Waals surface area contributed by atoms with Gasteiger partial charge in [-0.2, -0.15) is 0 Å². The minimum atomic E-state index is 0.0326. The number of aliphatic hydroxyl groups is 1. The van der Waals surface area contributed by atoms with Crippen LogP contribution >= 0.6 is 0 Å². The Kier molecular flexibility index (Phi) is 2.45. The first-order chi connectivity index (χ1) is 8.59. The Labute approximate surface area is 111 Å². The maximum atomic E-state index is 11.0. The summed E-state index contributed by atoms with van der Waals surface area (Å²) in [7, 11) is 0. The first-order valence-corrected chi connectivity index (χ1v) is 8.27. The van der Waals surface area contributed by atoms with Crippen molar-refractivity contribution in [2.75, 3.05) is 0 Å². The Bertz CT molecular complexity index is 328. The molecule has 5 aliphatic carbocycles. The van der Waals surface area contributed by atoms with E-state index in [1.807, 2.05) is 0 Å². The molecule has 0 saturated heterocycles. The lowest BCUT2D eigenvalue weighted by atomic mass is 9.43. The van der Waals surface area contributed by atoms with Crippen molar-refractivity contribution >= 4 is 0 Å². The predicted octanol–water partition coefficient (Wildman–Crippen LogP) is 4.14. The van der Waals surface area contributed by atoms with Gasteiger partial charge in [0.1, 0.15) is 0 Å². The first-order valence-electron chi connectivity index (χ1n) is 8.27. The largest absolute Gasteiger partial charge is 0.392 e. The van der Waals surface area contributed by atoms with Gasteiger partial charge in [0.2, 0.25) is 0 Å². The maximum absolute atomic E-state index is 11.0. The Morgan fingerprint density at radius 1 is 1.00 bits per heavy atom. The van der Waals surface area contributed by atoms with Crippen molar-refractivity contribution < 1.29 is 5.11 Å². The molecule has 0 heterocycles. The molecule has 18 heavy (non-hydrogen) atoms. The van der Waals surface area contributed by atoms with E-state index in [1.165, 1.54) is 64.2 Å². The standard InChI is InChI=1S/C17H28O/c1-16-7-12-6-13(8-16)10-17(9-12,11-16)15(18)14-4-2-3-5-14/h12-15,18H,2-11H2,1H3. The fraction of sp³-hybridized carbons (Fsp3) is 1.00. The molecule has 0 spiro atoms. The van der Waals surface area contributed by atoms with Gasteiger partial charge >= 0.3 is 0 Å². The van der Waals surface area contributed by atoms with Crippen LogP contribution in [0, 0.1) is 28.6 Å². The summed E-state index contributed by atoms with van der Waals surface area (Å²) in [5.41, 5.74) is 0.928. The molecule has 5 fully saturated rings. The second-order valence-electron chi connectivity index (χ2n) is 8.62. The molecule has 5 saturated carbocycles. The van der Waals surface area contributed by atoms with Crippen LogP contribution in [0.4, 0.5) is 0 Å². The van der Waals surface area contributed by atoms with E-state index < -0.39 is 0 Å². The third-order valence-corrected chi connectivity index (χ3v) is 6.87. The van der Waals surface area contributed by atoms with Crippen LogP contribution < -0.4 is 0 Å². The third kappa shape index (κ3) is 1.62. The van der Waals surface area contributed by atoms with Gasteiger partial charge in [0.05, 0.1) is 6.10 Å². The van der Waals surface area contributed by atoms with Crippen LogP contribution in [0.3, 0.4) is 0 Å². The zero-order valence-corrected chi connectivity index (χ0v) is 11.8. The summed E-state index contributed by atoms with van der Waals surface area (Å²) in [5.74, 6) is 2.55. The van der Waals surface area contributed by atoms with Crippen LogP contribution in [-0.2, 0) is 0 Å². The molecule has 102 valence electrons. The summed E-state index contributed by atoms with van der Waals surface area (Å²) in [4.78, 5) is 0. The number of rotatable bonds is 2. The van der Waals surface area contributed by atoms with Crippen molar-refractivity contribution in [2.24, 2.45) is 28.6 Å². The van der Waals surface area contributed by atoms with E-state index >= 15 is 0 Å². The topological polar surface area (TPSA) is 20.2 Å². The molecule has 0 amide bonds. The second-order valence-corrected chi connectivity index (χ2v) is 8.62. The van der Waals surface area contributed by atoms with Gasteiger partial charge in [-0.25, -0.2) is 0 Å². The van der Waals surface area contributed by atoms with Crippen molar-refractivity contribution in [1.82, 2.24) is 0 Å². The van der Waals surface area contributed by atoms with Gasteiger partial charge in [0.25, 0.3) is 0 Å². The summed E-state index contributed by atoms with van der Waals surface area (Å²) in [5, 5.41) is 11.0. The van der Waals surface area contributed by atoms with Crippen LogP contribution in [0.15, 0.2) is 0 Å². The van der Waals surface area contributed by atoms with E-state index in [4.69, 9.17) is 0 Å². The fourth-order valence-corrected chi connectivity index (χ4v) is 6.92. The molecule has 1 nitrogen and oxygen atoms in total. The van der Waals surface area contributed by atoms with Gasteiger partial charge in [-0.1, -0.05) is 19.8 Å². The Balaban J connectivity index is 1.62. The number of hydrogen-bond donors (Lipinski definition) is 1. The highest BCUT2D eigenvalue weighted by Crippen LogP contribution is 2.67. The zero-order valence-electron chi connectivity index (χ0n) is 11.8. The van der Waals surface area contributed by atoms with Crippen molar-refractivity contribution in [2.45, 2.75) is 77.2 Å². The van der Waals surface area contributed by atoms with Gasteiger partial charge in [0.15, 0.2) is 0 Å². The molecule has 1 N–H and O–H groups in total. The van der Waals surface area contributed by atoms with Crippen molar-refractivity contribution in [3.05, 3.63) is 0 Å². The van der Waals surface area contributed by atoms with Gasteiger partial charge < -0.3 is 5.11 Å². The van der Waals surface area contributed by atoms with Gasteiger partial charge in [0, 0.05) is 0 Å². The molecule has 0 aromatic rings. The lowest BCUT2D eigenvalue weighted by Gasteiger charge is -2.63. The first kappa shape index (κ1) is 11.8. The summed E-state index contributed by atoms with van der Waals surface area (Å²) >= 11 is 0. The smallest absolute Gasteiger partial charge is 0.0624 e. The lowest BCUT2D eigenvalue weighted by molar-refractivity contribution is -0.166. The van der Waals surface area contributed by atoms with Crippen molar-refractivity contribution in [1.29, 1.82) is 0 Å². The molecule has 0 aromatic carbocycles. The minimum Gasteiger partial charge on any atom is -0.392 e. The average molecular weight is 248 g/mol. The average Bonchev–Trinajstić information content (AvgIpc) is 2.77. The fourth-order valence-electron chi connectivity index (χ4n) is 6.92. The highest BCUT2D eigenvalue weighted by molar-refractivity contribution is 5.09.